The van der Waals surface area contributed by atoms with Gasteiger partial charge in [-0.25, -0.2) is 4.39 Å². The molecule has 1 aromatic carbocycles. The van der Waals surface area contributed by atoms with Gasteiger partial charge in [0.2, 0.25) is 0 Å². The summed E-state index contributed by atoms with van der Waals surface area (Å²) >= 11 is 0. The number of nitrogen functional groups attached to an aromatic ring is 1. The Morgan fingerprint density at radius 2 is 1.83 bits per heavy atom. The summed E-state index contributed by atoms with van der Waals surface area (Å²) in [5.74, 6) is -0.511. The number of hydrogen-bond donors (Lipinski definition) is 3. The molecule has 0 bridgehead atoms. The summed E-state index contributed by atoms with van der Waals surface area (Å²) in [6, 6.07) is 3.67. The van der Waals surface area contributed by atoms with Crippen molar-refractivity contribution < 1.29 is 19.2 Å². The normalized spacial score (nSPS) is 12.6. The molecule has 0 spiro atoms. The minimum absolute atomic E-state index is 0.146. The van der Waals surface area contributed by atoms with Crippen molar-refractivity contribution in [1.29, 1.82) is 0 Å². The molecule has 4 N–H and O–H groups in total. The number of anilines is 1. The molecule has 0 heterocycles. The average molecular weight is 255 g/mol. The molecular formula is C12H19BFNO3. The topological polar surface area (TPSA) is 75.7 Å². The Labute approximate surface area is 107 Å². The van der Waals surface area contributed by atoms with Gasteiger partial charge in [-0.1, -0.05) is 0 Å². The van der Waals surface area contributed by atoms with Crippen molar-refractivity contribution in [2.75, 3.05) is 5.73 Å². The van der Waals surface area contributed by atoms with Gasteiger partial charge in [0, 0.05) is 11.2 Å². The summed E-state index contributed by atoms with van der Waals surface area (Å²) in [5, 5.41) is 19.9. The summed E-state index contributed by atoms with van der Waals surface area (Å²) in [5.41, 5.74) is 3.83. The molecule has 0 aliphatic carbocycles. The van der Waals surface area contributed by atoms with Gasteiger partial charge in [0.15, 0.2) is 0 Å². The number of nitrogens with two attached hydrogens (primary N) is 1. The van der Waals surface area contributed by atoms with Crippen molar-refractivity contribution in [3.63, 3.8) is 0 Å². The van der Waals surface area contributed by atoms with E-state index >= 15 is 0 Å². The standard InChI is InChI=1S/C12H19BFNO3/c1-11(2,16)12(3,4)18-13(17)9-7-8(14)5-6-10(9)15/h5-7,16-17H,15H2,1-4H3. The van der Waals surface area contributed by atoms with Crippen LogP contribution in [0.1, 0.15) is 27.7 Å². The second-order valence-corrected chi connectivity index (χ2v) is 5.31. The van der Waals surface area contributed by atoms with Crippen LogP contribution in [0, 0.1) is 5.82 Å². The van der Waals surface area contributed by atoms with E-state index < -0.39 is 24.1 Å². The molecule has 4 nitrogen and oxygen atoms in total. The van der Waals surface area contributed by atoms with Gasteiger partial charge in [0.25, 0.3) is 0 Å². The van der Waals surface area contributed by atoms with E-state index in [0.717, 1.165) is 6.07 Å². The molecule has 0 unspecified atom stereocenters. The van der Waals surface area contributed by atoms with Crippen LogP contribution in [-0.2, 0) is 4.65 Å². The first-order valence-electron chi connectivity index (χ1n) is 5.68. The highest BCUT2D eigenvalue weighted by molar-refractivity contribution is 6.61. The molecule has 1 aromatic rings. The molecule has 0 atom stereocenters. The molecule has 6 heteroatoms. The maximum Gasteiger partial charge on any atom is 0.493 e. The van der Waals surface area contributed by atoms with E-state index in [-0.39, 0.29) is 11.2 Å². The van der Waals surface area contributed by atoms with E-state index in [1.165, 1.54) is 12.1 Å². The Balaban J connectivity index is 2.95. The fourth-order valence-corrected chi connectivity index (χ4v) is 1.25. The van der Waals surface area contributed by atoms with E-state index in [4.69, 9.17) is 10.4 Å². The number of hydrogen-bond acceptors (Lipinski definition) is 4. The third-order valence-corrected chi connectivity index (χ3v) is 3.19. The lowest BCUT2D eigenvalue weighted by molar-refractivity contribution is -0.0982. The third-order valence-electron chi connectivity index (χ3n) is 3.19. The van der Waals surface area contributed by atoms with Crippen LogP contribution in [0.2, 0.25) is 0 Å². The van der Waals surface area contributed by atoms with Gasteiger partial charge in [-0.05, 0) is 45.9 Å². The van der Waals surface area contributed by atoms with E-state index in [9.17, 15) is 14.5 Å². The van der Waals surface area contributed by atoms with Crippen molar-refractivity contribution in [2.45, 2.75) is 38.9 Å². The van der Waals surface area contributed by atoms with Gasteiger partial charge in [0.05, 0.1) is 11.2 Å². The fourth-order valence-electron chi connectivity index (χ4n) is 1.25. The van der Waals surface area contributed by atoms with Crippen LogP contribution in [-0.4, -0.2) is 28.5 Å². The Bertz CT molecular complexity index is 432. The van der Waals surface area contributed by atoms with E-state index in [1.807, 2.05) is 0 Å². The number of halogens is 1. The zero-order chi connectivity index (χ0) is 14.1. The molecule has 0 aliphatic rings. The minimum Gasteiger partial charge on any atom is -0.423 e. The van der Waals surface area contributed by atoms with Gasteiger partial charge >= 0.3 is 7.12 Å². The van der Waals surface area contributed by atoms with E-state index in [2.05, 4.69) is 0 Å². The molecule has 0 saturated heterocycles. The first kappa shape index (κ1) is 15.0. The molecule has 1 rings (SSSR count). The Kier molecular flexibility index (Phi) is 4.05. The summed E-state index contributed by atoms with van der Waals surface area (Å²) in [7, 11) is -1.40. The van der Waals surface area contributed by atoms with Crippen LogP contribution in [0.15, 0.2) is 18.2 Å². The zero-order valence-electron chi connectivity index (χ0n) is 11.1. The van der Waals surface area contributed by atoms with Crippen molar-refractivity contribution in [3.05, 3.63) is 24.0 Å². The first-order chi connectivity index (χ1) is 8.04. The molecule has 0 aromatic heterocycles. The molecule has 0 aliphatic heterocycles. The van der Waals surface area contributed by atoms with Crippen molar-refractivity contribution in [3.8, 4) is 0 Å². The highest BCUT2D eigenvalue weighted by Gasteiger charge is 2.40. The monoisotopic (exact) mass is 255 g/mol. The largest absolute Gasteiger partial charge is 0.493 e. The molecule has 100 valence electrons. The molecule has 18 heavy (non-hydrogen) atoms. The van der Waals surface area contributed by atoms with Gasteiger partial charge in [-0.3, -0.25) is 0 Å². The third kappa shape index (κ3) is 3.22. The Morgan fingerprint density at radius 3 is 2.33 bits per heavy atom. The number of aliphatic hydroxyl groups is 1. The molecule has 0 radical (unpaired) electrons. The Hall–Kier alpha value is -1.11. The van der Waals surface area contributed by atoms with Crippen molar-refractivity contribution in [2.24, 2.45) is 0 Å². The highest BCUT2D eigenvalue weighted by atomic mass is 19.1. The van der Waals surface area contributed by atoms with Crippen molar-refractivity contribution >= 4 is 18.3 Å². The van der Waals surface area contributed by atoms with E-state index in [1.54, 1.807) is 27.7 Å². The lowest BCUT2D eigenvalue weighted by Crippen LogP contribution is -2.53. The van der Waals surface area contributed by atoms with Gasteiger partial charge < -0.3 is 20.5 Å². The van der Waals surface area contributed by atoms with Gasteiger partial charge in [0.1, 0.15) is 5.82 Å². The van der Waals surface area contributed by atoms with E-state index in [0.29, 0.717) is 0 Å². The van der Waals surface area contributed by atoms with Crippen LogP contribution in [0.4, 0.5) is 10.1 Å². The quantitative estimate of drug-likeness (QED) is 0.545. The highest BCUT2D eigenvalue weighted by Crippen LogP contribution is 2.25. The van der Waals surface area contributed by atoms with Crippen molar-refractivity contribution in [1.82, 2.24) is 0 Å². The summed E-state index contributed by atoms with van der Waals surface area (Å²) in [6.07, 6.45) is 0. The van der Waals surface area contributed by atoms with Crippen LogP contribution in [0.5, 0.6) is 0 Å². The second kappa shape index (κ2) is 4.88. The maximum atomic E-state index is 13.1. The maximum absolute atomic E-state index is 13.1. The Morgan fingerprint density at radius 1 is 1.28 bits per heavy atom. The van der Waals surface area contributed by atoms with Crippen LogP contribution < -0.4 is 11.2 Å². The summed E-state index contributed by atoms with van der Waals surface area (Å²) in [4.78, 5) is 0. The number of rotatable bonds is 4. The first-order valence-corrected chi connectivity index (χ1v) is 5.68. The van der Waals surface area contributed by atoms with Gasteiger partial charge in [-0.15, -0.1) is 0 Å². The van der Waals surface area contributed by atoms with Gasteiger partial charge in [-0.2, -0.15) is 0 Å². The molecule has 0 amide bonds. The smallest absolute Gasteiger partial charge is 0.423 e. The predicted molar refractivity (Wildman–Crippen MR) is 69.9 cm³/mol. The van der Waals surface area contributed by atoms with Crippen LogP contribution in [0.25, 0.3) is 0 Å². The molecule has 0 fully saturated rings. The molecular weight excluding hydrogens is 236 g/mol. The fraction of sp³-hybridized carbons (Fsp3) is 0.500. The van der Waals surface area contributed by atoms with Crippen LogP contribution in [0.3, 0.4) is 0 Å². The SMILES string of the molecule is CC(C)(O)C(C)(C)OB(O)c1cc(F)ccc1N. The minimum atomic E-state index is -1.40. The number of benzene rings is 1. The second-order valence-electron chi connectivity index (χ2n) is 5.31. The van der Waals surface area contributed by atoms with Crippen LogP contribution >= 0.6 is 0 Å². The summed E-state index contributed by atoms with van der Waals surface area (Å²) in [6.45, 7) is 6.39. The lowest BCUT2D eigenvalue weighted by atomic mass is 9.75. The predicted octanol–water partition coefficient (Wildman–Crippen LogP) is 0.662. The zero-order valence-corrected chi connectivity index (χ0v) is 11.1. The lowest BCUT2D eigenvalue weighted by Gasteiger charge is -2.38. The molecule has 0 saturated carbocycles. The summed E-state index contributed by atoms with van der Waals surface area (Å²) < 4.78 is 18.5. The average Bonchev–Trinajstić information content (AvgIpc) is 2.19.